The van der Waals surface area contributed by atoms with Gasteiger partial charge < -0.3 is 9.95 Å². The number of nitrogens with one attached hydrogen (secondary N) is 2. The van der Waals surface area contributed by atoms with Crippen LogP contribution in [0.1, 0.15) is 0 Å². The maximum atomic E-state index is 11.8. The van der Waals surface area contributed by atoms with Crippen LogP contribution in [0.15, 0.2) is 40.1 Å². The van der Waals surface area contributed by atoms with Crippen LogP contribution in [-0.2, 0) is 10.0 Å². The number of nitrogen functional groups attached to an aromatic ring is 1. The van der Waals surface area contributed by atoms with Gasteiger partial charge in [0.15, 0.2) is 5.82 Å². The third-order valence-electron chi connectivity index (χ3n) is 1.87. The first-order valence-electron chi connectivity index (χ1n) is 4.48. The smallest absolute Gasteiger partial charge is 0.264 e. The van der Waals surface area contributed by atoms with Crippen molar-refractivity contribution in [3.05, 3.63) is 30.7 Å². The molecular formula is C8H9N5O3S. The van der Waals surface area contributed by atoms with Gasteiger partial charge in [0, 0.05) is 12.3 Å². The Morgan fingerprint density at radius 2 is 2.06 bits per heavy atom. The lowest BCUT2D eigenvalue weighted by Crippen LogP contribution is -2.14. The molecule has 0 unspecified atom stereocenters. The van der Waals surface area contributed by atoms with Gasteiger partial charge in [0.1, 0.15) is 17.0 Å². The van der Waals surface area contributed by atoms with Gasteiger partial charge >= 0.3 is 0 Å². The summed E-state index contributed by atoms with van der Waals surface area (Å²) in [7, 11) is -3.71. The zero-order valence-corrected chi connectivity index (χ0v) is 9.31. The second-order valence-electron chi connectivity index (χ2n) is 3.01. The van der Waals surface area contributed by atoms with E-state index in [0.717, 1.165) is 0 Å². The average Bonchev–Trinajstić information content (AvgIpc) is 2.81. The normalized spacial score (nSPS) is 11.1. The SMILES string of the molecule is NNc1ccc(S(=O)(=O)Nc2ccon2)cn1. The molecule has 9 heteroatoms. The van der Waals surface area contributed by atoms with Gasteiger partial charge in [-0.05, 0) is 12.1 Å². The van der Waals surface area contributed by atoms with Gasteiger partial charge in [0.2, 0.25) is 0 Å². The number of sulfonamides is 1. The number of aromatic nitrogens is 2. The van der Waals surface area contributed by atoms with Crippen molar-refractivity contribution >= 4 is 21.7 Å². The van der Waals surface area contributed by atoms with E-state index in [9.17, 15) is 8.42 Å². The van der Waals surface area contributed by atoms with Crippen LogP contribution in [0.25, 0.3) is 0 Å². The standard InChI is InChI=1S/C8H9N5O3S/c9-11-7-2-1-6(5-10-7)17(14,15)13-8-3-4-16-12-8/h1-5H,9H2,(H,10,11)(H,12,13). The first-order chi connectivity index (χ1) is 8.12. The summed E-state index contributed by atoms with van der Waals surface area (Å²) in [5, 5.41) is 3.44. The van der Waals surface area contributed by atoms with Gasteiger partial charge in [0.05, 0.1) is 0 Å². The number of anilines is 2. The Bertz CT molecular complexity index is 578. The number of hydrazine groups is 1. The van der Waals surface area contributed by atoms with Crippen LogP contribution in [0.3, 0.4) is 0 Å². The molecule has 0 amide bonds. The first kappa shape index (κ1) is 11.4. The molecule has 0 spiro atoms. The number of hydrogen-bond donors (Lipinski definition) is 3. The van der Waals surface area contributed by atoms with Crippen molar-refractivity contribution in [2.75, 3.05) is 10.1 Å². The Hall–Kier alpha value is -2.13. The second-order valence-corrected chi connectivity index (χ2v) is 4.70. The van der Waals surface area contributed by atoms with E-state index in [4.69, 9.17) is 5.84 Å². The summed E-state index contributed by atoms with van der Waals surface area (Å²) in [6, 6.07) is 4.20. The second kappa shape index (κ2) is 4.39. The van der Waals surface area contributed by atoms with Gasteiger partial charge in [0.25, 0.3) is 10.0 Å². The summed E-state index contributed by atoms with van der Waals surface area (Å²) < 4.78 is 30.4. The minimum Gasteiger partial charge on any atom is -0.363 e. The lowest BCUT2D eigenvalue weighted by molar-refractivity contribution is 0.423. The molecule has 17 heavy (non-hydrogen) atoms. The largest absolute Gasteiger partial charge is 0.363 e. The monoisotopic (exact) mass is 255 g/mol. The number of hydrogen-bond acceptors (Lipinski definition) is 7. The van der Waals surface area contributed by atoms with E-state index in [-0.39, 0.29) is 10.7 Å². The Morgan fingerprint density at radius 1 is 1.24 bits per heavy atom. The third-order valence-corrected chi connectivity index (χ3v) is 3.21. The summed E-state index contributed by atoms with van der Waals surface area (Å²) >= 11 is 0. The molecule has 90 valence electrons. The fourth-order valence-electron chi connectivity index (χ4n) is 1.09. The quantitative estimate of drug-likeness (QED) is 0.525. The summed E-state index contributed by atoms with van der Waals surface area (Å²) in [5.41, 5.74) is 2.30. The molecule has 4 N–H and O–H groups in total. The molecule has 0 fully saturated rings. The summed E-state index contributed by atoms with van der Waals surface area (Å²) in [6.45, 7) is 0. The van der Waals surface area contributed by atoms with E-state index < -0.39 is 10.0 Å². The van der Waals surface area contributed by atoms with Crippen molar-refractivity contribution in [2.45, 2.75) is 4.90 Å². The highest BCUT2D eigenvalue weighted by Gasteiger charge is 2.15. The Morgan fingerprint density at radius 3 is 2.59 bits per heavy atom. The maximum absolute atomic E-state index is 11.8. The molecule has 0 aromatic carbocycles. The molecule has 2 heterocycles. The molecule has 8 nitrogen and oxygen atoms in total. The van der Waals surface area contributed by atoms with Crippen molar-refractivity contribution in [2.24, 2.45) is 5.84 Å². The first-order valence-corrected chi connectivity index (χ1v) is 5.96. The highest BCUT2D eigenvalue weighted by molar-refractivity contribution is 7.92. The van der Waals surface area contributed by atoms with E-state index in [1.54, 1.807) is 0 Å². The van der Waals surface area contributed by atoms with Gasteiger partial charge in [-0.3, -0.25) is 4.72 Å². The lowest BCUT2D eigenvalue weighted by Gasteiger charge is -2.05. The minimum absolute atomic E-state index is 0.000463. The predicted molar refractivity (Wildman–Crippen MR) is 59.4 cm³/mol. The van der Waals surface area contributed by atoms with E-state index in [0.29, 0.717) is 5.82 Å². The number of pyridine rings is 1. The van der Waals surface area contributed by atoms with Crippen LogP contribution < -0.4 is 16.0 Å². The Labute approximate surface area is 96.8 Å². The molecule has 2 aromatic rings. The van der Waals surface area contributed by atoms with Gasteiger partial charge in [-0.25, -0.2) is 19.2 Å². The molecule has 0 aliphatic rings. The van der Waals surface area contributed by atoms with Crippen molar-refractivity contribution in [3.8, 4) is 0 Å². The average molecular weight is 255 g/mol. The molecule has 0 bridgehead atoms. The highest BCUT2D eigenvalue weighted by Crippen LogP contribution is 2.14. The molecular weight excluding hydrogens is 246 g/mol. The number of rotatable bonds is 4. The highest BCUT2D eigenvalue weighted by atomic mass is 32.2. The van der Waals surface area contributed by atoms with Crippen LogP contribution in [0.2, 0.25) is 0 Å². The summed E-state index contributed by atoms with van der Waals surface area (Å²) in [4.78, 5) is 3.79. The van der Waals surface area contributed by atoms with Gasteiger partial charge in [-0.2, -0.15) is 0 Å². The minimum atomic E-state index is -3.71. The number of nitrogens with two attached hydrogens (primary N) is 1. The molecule has 0 radical (unpaired) electrons. The molecule has 0 atom stereocenters. The van der Waals surface area contributed by atoms with Crippen LogP contribution in [-0.4, -0.2) is 18.6 Å². The fraction of sp³-hybridized carbons (Fsp3) is 0. The maximum Gasteiger partial charge on any atom is 0.264 e. The van der Waals surface area contributed by atoms with E-state index in [2.05, 4.69) is 24.8 Å². The van der Waals surface area contributed by atoms with Crippen LogP contribution in [0.4, 0.5) is 11.6 Å². The lowest BCUT2D eigenvalue weighted by atomic mass is 10.5. The van der Waals surface area contributed by atoms with Gasteiger partial charge in [-0.15, -0.1) is 0 Å². The van der Waals surface area contributed by atoms with Crippen LogP contribution in [0.5, 0.6) is 0 Å². The zero-order valence-electron chi connectivity index (χ0n) is 8.49. The summed E-state index contributed by atoms with van der Waals surface area (Å²) in [6.07, 6.45) is 2.44. The molecule has 2 rings (SSSR count). The molecule has 2 aromatic heterocycles. The summed E-state index contributed by atoms with van der Waals surface area (Å²) in [5.74, 6) is 5.59. The van der Waals surface area contributed by atoms with E-state index in [1.165, 1.54) is 30.7 Å². The fourth-order valence-corrected chi connectivity index (χ4v) is 2.02. The molecule has 0 saturated heterocycles. The van der Waals surface area contributed by atoms with Gasteiger partial charge in [-0.1, -0.05) is 5.16 Å². The topological polar surface area (TPSA) is 123 Å². The van der Waals surface area contributed by atoms with Crippen molar-refractivity contribution < 1.29 is 12.9 Å². The Balaban J connectivity index is 2.25. The van der Waals surface area contributed by atoms with E-state index >= 15 is 0 Å². The van der Waals surface area contributed by atoms with Crippen molar-refractivity contribution in [3.63, 3.8) is 0 Å². The molecule has 0 aliphatic carbocycles. The Kier molecular flexibility index (Phi) is 2.93. The molecule has 0 aliphatic heterocycles. The predicted octanol–water partition coefficient (Wildman–Crippen LogP) is 0.156. The third kappa shape index (κ3) is 2.52. The van der Waals surface area contributed by atoms with Crippen molar-refractivity contribution in [1.82, 2.24) is 10.1 Å². The van der Waals surface area contributed by atoms with Crippen molar-refractivity contribution in [1.29, 1.82) is 0 Å². The zero-order chi connectivity index (χ0) is 12.3. The number of nitrogens with zero attached hydrogens (tertiary/aromatic N) is 2. The van der Waals surface area contributed by atoms with Crippen LogP contribution in [0, 0.1) is 0 Å². The molecule has 0 saturated carbocycles. The van der Waals surface area contributed by atoms with E-state index in [1.807, 2.05) is 0 Å². The van der Waals surface area contributed by atoms with Crippen LogP contribution >= 0.6 is 0 Å².